The molecular weight excluding hydrogens is 336 g/mol. The number of carbonyl (C=O) groups excluding carboxylic acids is 3. The van der Waals surface area contributed by atoms with Crippen molar-refractivity contribution in [2.24, 2.45) is 0 Å². The smallest absolute Gasteiger partial charge is 0.410 e. The molecule has 7 heteroatoms. The van der Waals surface area contributed by atoms with E-state index in [1.54, 1.807) is 4.90 Å². The van der Waals surface area contributed by atoms with Gasteiger partial charge < -0.3 is 14.4 Å². The molecule has 148 valence electrons. The maximum absolute atomic E-state index is 13.0. The molecule has 2 unspecified atom stereocenters. The van der Waals surface area contributed by atoms with Gasteiger partial charge in [-0.05, 0) is 38.5 Å². The van der Waals surface area contributed by atoms with Crippen molar-refractivity contribution < 1.29 is 23.9 Å². The number of ether oxygens (including phenoxy) is 2. The van der Waals surface area contributed by atoms with E-state index in [1.165, 1.54) is 4.90 Å². The van der Waals surface area contributed by atoms with Crippen LogP contribution in [0.25, 0.3) is 0 Å². The van der Waals surface area contributed by atoms with Gasteiger partial charge in [-0.25, -0.2) is 9.59 Å². The Labute approximate surface area is 156 Å². The van der Waals surface area contributed by atoms with Crippen LogP contribution in [0.4, 0.5) is 4.79 Å². The molecule has 2 amide bonds. The third kappa shape index (κ3) is 5.11. The summed E-state index contributed by atoms with van der Waals surface area (Å²) in [6, 6.07) is -1.04. The Hall–Kier alpha value is -1.79. The molecule has 2 saturated heterocycles. The highest BCUT2D eigenvalue weighted by Crippen LogP contribution is 2.26. The van der Waals surface area contributed by atoms with Crippen LogP contribution in [0.2, 0.25) is 0 Å². The molecule has 0 saturated carbocycles. The maximum atomic E-state index is 13.0. The van der Waals surface area contributed by atoms with E-state index < -0.39 is 18.2 Å². The summed E-state index contributed by atoms with van der Waals surface area (Å²) in [6.07, 6.45) is 5.94. The van der Waals surface area contributed by atoms with Crippen LogP contribution in [0, 0.1) is 0 Å². The molecule has 0 aliphatic carbocycles. The fraction of sp³-hybridized carbons (Fsp3) is 0.842. The fourth-order valence-electron chi connectivity index (χ4n) is 3.51. The molecule has 0 aromatic rings. The predicted molar refractivity (Wildman–Crippen MR) is 96.6 cm³/mol. The first-order chi connectivity index (χ1) is 12.6. The first-order valence-corrected chi connectivity index (χ1v) is 10.0. The number of unbranched alkanes of at least 4 members (excludes halogenated alkanes) is 2. The Balaban J connectivity index is 1.94. The van der Waals surface area contributed by atoms with Gasteiger partial charge in [0.15, 0.2) is 0 Å². The molecular formula is C19H32N2O5. The third-order valence-corrected chi connectivity index (χ3v) is 5.05. The average Bonchev–Trinajstić information content (AvgIpc) is 3.31. The standard InChI is InChI=1S/C19H32N2O5/c1-3-5-13-25-18(23)16-10-8-11-20(16)17(22)15-9-7-12-21(15)19(24)26-14-6-4-2/h15-16H,3-14H2,1-2H3. The lowest BCUT2D eigenvalue weighted by Gasteiger charge is -2.30. The molecule has 0 aromatic carbocycles. The zero-order valence-corrected chi connectivity index (χ0v) is 16.1. The molecule has 2 fully saturated rings. The predicted octanol–water partition coefficient (Wildman–Crippen LogP) is 2.72. The Kier molecular flexibility index (Phi) is 8.19. The van der Waals surface area contributed by atoms with E-state index in [1.807, 2.05) is 13.8 Å². The topological polar surface area (TPSA) is 76.2 Å². The largest absolute Gasteiger partial charge is 0.464 e. The average molecular weight is 368 g/mol. The van der Waals surface area contributed by atoms with Crippen molar-refractivity contribution in [3.8, 4) is 0 Å². The molecule has 0 spiro atoms. The Bertz CT molecular complexity index is 454. The van der Waals surface area contributed by atoms with Crippen molar-refractivity contribution in [2.45, 2.75) is 77.3 Å². The van der Waals surface area contributed by atoms with Gasteiger partial charge in [0.2, 0.25) is 5.91 Å². The van der Waals surface area contributed by atoms with Gasteiger partial charge in [0.25, 0.3) is 0 Å². The van der Waals surface area contributed by atoms with Crippen molar-refractivity contribution in [3.05, 3.63) is 0 Å². The van der Waals surface area contributed by atoms with Crippen LogP contribution >= 0.6 is 0 Å². The van der Waals surface area contributed by atoms with Crippen LogP contribution in [-0.2, 0) is 19.1 Å². The highest BCUT2D eigenvalue weighted by Gasteiger charge is 2.43. The SMILES string of the molecule is CCCCOC(=O)C1CCCN1C(=O)C1CCCN1C(=O)OCCCC. The van der Waals surface area contributed by atoms with E-state index in [0.29, 0.717) is 39.1 Å². The highest BCUT2D eigenvalue weighted by atomic mass is 16.6. The van der Waals surface area contributed by atoms with E-state index in [0.717, 1.165) is 38.5 Å². The monoisotopic (exact) mass is 368 g/mol. The molecule has 26 heavy (non-hydrogen) atoms. The van der Waals surface area contributed by atoms with Gasteiger partial charge in [0, 0.05) is 13.1 Å². The third-order valence-electron chi connectivity index (χ3n) is 5.05. The van der Waals surface area contributed by atoms with E-state index in [-0.39, 0.29) is 11.9 Å². The quantitative estimate of drug-likeness (QED) is 0.486. The number of nitrogens with zero attached hydrogens (tertiary/aromatic N) is 2. The maximum Gasteiger partial charge on any atom is 0.410 e. The number of rotatable bonds is 8. The van der Waals surface area contributed by atoms with Crippen molar-refractivity contribution in [3.63, 3.8) is 0 Å². The van der Waals surface area contributed by atoms with Gasteiger partial charge in [-0.3, -0.25) is 9.69 Å². The first kappa shape index (κ1) is 20.5. The van der Waals surface area contributed by atoms with Gasteiger partial charge in [0.1, 0.15) is 12.1 Å². The summed E-state index contributed by atoms with van der Waals surface area (Å²) >= 11 is 0. The molecule has 2 rings (SSSR count). The van der Waals surface area contributed by atoms with Crippen molar-refractivity contribution in [2.75, 3.05) is 26.3 Å². The van der Waals surface area contributed by atoms with Crippen molar-refractivity contribution >= 4 is 18.0 Å². The summed E-state index contributed by atoms with van der Waals surface area (Å²) in [4.78, 5) is 40.7. The summed E-state index contributed by atoms with van der Waals surface area (Å²) < 4.78 is 10.6. The Morgan fingerprint density at radius 3 is 2.08 bits per heavy atom. The summed E-state index contributed by atoms with van der Waals surface area (Å²) in [5, 5.41) is 0. The number of hydrogen-bond donors (Lipinski definition) is 0. The number of amides is 2. The van der Waals surface area contributed by atoms with Gasteiger partial charge in [0.05, 0.1) is 13.2 Å². The highest BCUT2D eigenvalue weighted by molar-refractivity contribution is 5.90. The number of carbonyl (C=O) groups is 3. The summed E-state index contributed by atoms with van der Waals surface area (Å²) in [5.41, 5.74) is 0. The second kappa shape index (κ2) is 10.4. The molecule has 7 nitrogen and oxygen atoms in total. The first-order valence-electron chi connectivity index (χ1n) is 10.0. The molecule has 2 aliphatic rings. The van der Waals surface area contributed by atoms with E-state index in [2.05, 4.69) is 0 Å². The van der Waals surface area contributed by atoms with Crippen LogP contribution in [0.5, 0.6) is 0 Å². The molecule has 0 aromatic heterocycles. The lowest BCUT2D eigenvalue weighted by molar-refractivity contribution is -0.154. The molecule has 2 aliphatic heterocycles. The molecule has 0 bridgehead atoms. The van der Waals surface area contributed by atoms with E-state index >= 15 is 0 Å². The van der Waals surface area contributed by atoms with E-state index in [9.17, 15) is 14.4 Å². The molecule has 0 N–H and O–H groups in total. The molecule has 2 atom stereocenters. The zero-order valence-electron chi connectivity index (χ0n) is 16.1. The Morgan fingerprint density at radius 2 is 1.42 bits per heavy atom. The normalized spacial score (nSPS) is 22.5. The van der Waals surface area contributed by atoms with Crippen LogP contribution in [0.3, 0.4) is 0 Å². The summed E-state index contributed by atoms with van der Waals surface area (Å²) in [6.45, 7) is 5.91. The zero-order chi connectivity index (χ0) is 18.9. The van der Waals surface area contributed by atoms with Crippen molar-refractivity contribution in [1.29, 1.82) is 0 Å². The van der Waals surface area contributed by atoms with Crippen LogP contribution in [-0.4, -0.2) is 66.2 Å². The lowest BCUT2D eigenvalue weighted by atomic mass is 10.1. The van der Waals surface area contributed by atoms with Gasteiger partial charge in [-0.1, -0.05) is 26.7 Å². The van der Waals surface area contributed by atoms with Crippen LogP contribution < -0.4 is 0 Å². The number of hydrogen-bond acceptors (Lipinski definition) is 5. The number of esters is 1. The van der Waals surface area contributed by atoms with Crippen LogP contribution in [0.1, 0.15) is 65.2 Å². The second-order valence-corrected chi connectivity index (χ2v) is 7.03. The Morgan fingerprint density at radius 1 is 0.846 bits per heavy atom. The number of likely N-dealkylation sites (tertiary alicyclic amines) is 2. The van der Waals surface area contributed by atoms with Gasteiger partial charge >= 0.3 is 12.1 Å². The molecule has 2 heterocycles. The van der Waals surface area contributed by atoms with Crippen LogP contribution in [0.15, 0.2) is 0 Å². The van der Waals surface area contributed by atoms with Crippen molar-refractivity contribution in [1.82, 2.24) is 9.80 Å². The lowest BCUT2D eigenvalue weighted by Crippen LogP contribution is -2.51. The minimum absolute atomic E-state index is 0.148. The second-order valence-electron chi connectivity index (χ2n) is 7.03. The van der Waals surface area contributed by atoms with Gasteiger partial charge in [-0.2, -0.15) is 0 Å². The molecule has 0 radical (unpaired) electrons. The van der Waals surface area contributed by atoms with Gasteiger partial charge in [-0.15, -0.1) is 0 Å². The summed E-state index contributed by atoms with van der Waals surface area (Å²) in [7, 11) is 0. The summed E-state index contributed by atoms with van der Waals surface area (Å²) in [5.74, 6) is -0.468. The van der Waals surface area contributed by atoms with E-state index in [4.69, 9.17) is 9.47 Å². The fourth-order valence-corrected chi connectivity index (χ4v) is 3.51. The minimum Gasteiger partial charge on any atom is -0.464 e. The minimum atomic E-state index is -0.520.